The molecule has 0 aliphatic carbocycles. The lowest BCUT2D eigenvalue weighted by atomic mass is 10.0. The second-order valence-corrected chi connectivity index (χ2v) is 5.54. The van der Waals surface area contributed by atoms with E-state index in [1.165, 1.54) is 0 Å². The van der Waals surface area contributed by atoms with Crippen molar-refractivity contribution in [1.29, 1.82) is 0 Å². The van der Waals surface area contributed by atoms with Gasteiger partial charge < -0.3 is 16.0 Å². The van der Waals surface area contributed by atoms with E-state index in [-0.39, 0.29) is 12.1 Å². The fourth-order valence-electron chi connectivity index (χ4n) is 3.03. The summed E-state index contributed by atoms with van der Waals surface area (Å²) in [6.45, 7) is 1.32. The van der Waals surface area contributed by atoms with Gasteiger partial charge in [0.05, 0.1) is 5.69 Å². The summed E-state index contributed by atoms with van der Waals surface area (Å²) in [5.41, 5.74) is 6.65. The van der Waals surface area contributed by atoms with E-state index in [4.69, 9.17) is 5.73 Å². The number of nitrogens with one attached hydrogen (secondary N) is 1. The highest BCUT2D eigenvalue weighted by atomic mass is 16.2. The number of benzene rings is 2. The third kappa shape index (κ3) is 2.85. The topological polar surface area (TPSA) is 58.4 Å². The Labute approximate surface area is 124 Å². The van der Waals surface area contributed by atoms with Gasteiger partial charge in [0.2, 0.25) is 0 Å². The van der Waals surface area contributed by atoms with Crippen LogP contribution in [-0.4, -0.2) is 30.1 Å². The average Bonchev–Trinajstić information content (AvgIpc) is 2.55. The summed E-state index contributed by atoms with van der Waals surface area (Å²) < 4.78 is 0. The van der Waals surface area contributed by atoms with Gasteiger partial charge in [0.25, 0.3) is 0 Å². The van der Waals surface area contributed by atoms with Gasteiger partial charge in [-0.3, -0.25) is 0 Å². The molecule has 0 saturated carbocycles. The Hall–Kier alpha value is -2.07. The van der Waals surface area contributed by atoms with Crippen LogP contribution in [0.3, 0.4) is 0 Å². The van der Waals surface area contributed by atoms with Gasteiger partial charge in [-0.05, 0) is 30.7 Å². The third-order valence-electron chi connectivity index (χ3n) is 4.19. The van der Waals surface area contributed by atoms with E-state index < -0.39 is 0 Å². The van der Waals surface area contributed by atoms with Crippen LogP contribution >= 0.6 is 0 Å². The normalized spacial score (nSPS) is 18.7. The molecule has 1 unspecified atom stereocenters. The molecule has 3 N–H and O–H groups in total. The first kappa shape index (κ1) is 13.9. The van der Waals surface area contributed by atoms with E-state index in [9.17, 15) is 4.79 Å². The Bertz CT molecular complexity index is 635. The number of likely N-dealkylation sites (tertiary alicyclic amines) is 1. The highest BCUT2D eigenvalue weighted by molar-refractivity contribution is 6.01. The highest BCUT2D eigenvalue weighted by Gasteiger charge is 2.25. The van der Waals surface area contributed by atoms with Crippen LogP contribution in [0.4, 0.5) is 10.5 Å². The molecule has 1 aliphatic rings. The lowest BCUT2D eigenvalue weighted by molar-refractivity contribution is 0.166. The largest absolute Gasteiger partial charge is 0.328 e. The Kier molecular flexibility index (Phi) is 4.06. The molecular formula is C17H21N3O. The molecule has 4 nitrogen and oxygen atoms in total. The molecule has 2 amide bonds. The summed E-state index contributed by atoms with van der Waals surface area (Å²) in [5, 5.41) is 5.24. The van der Waals surface area contributed by atoms with Crippen molar-refractivity contribution in [3.05, 3.63) is 42.5 Å². The zero-order valence-corrected chi connectivity index (χ0v) is 12.1. The minimum Gasteiger partial charge on any atom is -0.328 e. The zero-order chi connectivity index (χ0) is 14.7. The van der Waals surface area contributed by atoms with E-state index in [0.29, 0.717) is 6.54 Å². The molecule has 21 heavy (non-hydrogen) atoms. The molecule has 2 aromatic carbocycles. The molecule has 1 heterocycles. The monoisotopic (exact) mass is 283 g/mol. The first-order valence-corrected chi connectivity index (χ1v) is 7.55. The van der Waals surface area contributed by atoms with Crippen molar-refractivity contribution in [2.75, 3.05) is 18.4 Å². The molecule has 4 heteroatoms. The van der Waals surface area contributed by atoms with Crippen molar-refractivity contribution in [2.45, 2.75) is 25.3 Å². The van der Waals surface area contributed by atoms with Crippen molar-refractivity contribution in [3.63, 3.8) is 0 Å². The van der Waals surface area contributed by atoms with Crippen molar-refractivity contribution in [3.8, 4) is 0 Å². The van der Waals surface area contributed by atoms with Crippen molar-refractivity contribution in [1.82, 2.24) is 4.90 Å². The Balaban J connectivity index is 1.83. The standard InChI is InChI=1S/C17H21N3O/c18-12-14-8-3-4-11-20(14)17(21)19-16-10-5-7-13-6-1-2-9-15(13)16/h1-2,5-7,9-10,14H,3-4,8,11-12,18H2,(H,19,21). The number of amides is 2. The Morgan fingerprint density at radius 1 is 1.19 bits per heavy atom. The summed E-state index contributed by atoms with van der Waals surface area (Å²) in [6.07, 6.45) is 3.21. The molecule has 2 aromatic rings. The van der Waals surface area contributed by atoms with Crippen LogP contribution in [0.2, 0.25) is 0 Å². The number of hydrogen-bond acceptors (Lipinski definition) is 2. The first-order chi connectivity index (χ1) is 10.3. The lowest BCUT2D eigenvalue weighted by Gasteiger charge is -2.35. The molecule has 110 valence electrons. The molecule has 1 aliphatic heterocycles. The fraction of sp³-hybridized carbons (Fsp3) is 0.353. The van der Waals surface area contributed by atoms with Crippen LogP contribution in [-0.2, 0) is 0 Å². The SMILES string of the molecule is NCC1CCCCN1C(=O)Nc1cccc2ccccc12. The Morgan fingerprint density at radius 3 is 2.86 bits per heavy atom. The van der Waals surface area contributed by atoms with E-state index in [0.717, 1.165) is 42.3 Å². The van der Waals surface area contributed by atoms with Crippen LogP contribution in [0.15, 0.2) is 42.5 Å². The summed E-state index contributed by atoms with van der Waals surface area (Å²) >= 11 is 0. The summed E-state index contributed by atoms with van der Waals surface area (Å²) in [7, 11) is 0. The first-order valence-electron chi connectivity index (χ1n) is 7.55. The van der Waals surface area contributed by atoms with Gasteiger partial charge in [-0.15, -0.1) is 0 Å². The molecule has 0 aromatic heterocycles. The number of carbonyl (C=O) groups is 1. The van der Waals surface area contributed by atoms with Gasteiger partial charge in [0, 0.05) is 24.5 Å². The Morgan fingerprint density at radius 2 is 2.00 bits per heavy atom. The minimum atomic E-state index is -0.0403. The fourth-order valence-corrected chi connectivity index (χ4v) is 3.03. The predicted molar refractivity (Wildman–Crippen MR) is 86.4 cm³/mol. The number of nitrogens with two attached hydrogens (primary N) is 1. The maximum Gasteiger partial charge on any atom is 0.322 e. The number of hydrogen-bond donors (Lipinski definition) is 2. The van der Waals surface area contributed by atoms with E-state index >= 15 is 0 Å². The second kappa shape index (κ2) is 6.14. The second-order valence-electron chi connectivity index (χ2n) is 5.54. The van der Waals surface area contributed by atoms with E-state index in [1.807, 2.05) is 35.2 Å². The van der Waals surface area contributed by atoms with Crippen molar-refractivity contribution >= 4 is 22.5 Å². The summed E-state index contributed by atoms with van der Waals surface area (Å²) in [5.74, 6) is 0. The molecule has 0 radical (unpaired) electrons. The molecule has 0 bridgehead atoms. The number of anilines is 1. The zero-order valence-electron chi connectivity index (χ0n) is 12.1. The van der Waals surface area contributed by atoms with Crippen molar-refractivity contribution in [2.24, 2.45) is 5.73 Å². The summed E-state index contributed by atoms with van der Waals surface area (Å²) in [4.78, 5) is 14.4. The maximum atomic E-state index is 12.5. The van der Waals surface area contributed by atoms with Crippen LogP contribution in [0, 0.1) is 0 Å². The minimum absolute atomic E-state index is 0.0403. The maximum absolute atomic E-state index is 12.5. The highest BCUT2D eigenvalue weighted by Crippen LogP contribution is 2.24. The number of piperidine rings is 1. The molecule has 1 fully saturated rings. The quantitative estimate of drug-likeness (QED) is 0.889. The predicted octanol–water partition coefficient (Wildman–Crippen LogP) is 3.18. The van der Waals surface area contributed by atoms with Crippen LogP contribution in [0.1, 0.15) is 19.3 Å². The number of urea groups is 1. The number of rotatable bonds is 2. The molecular weight excluding hydrogens is 262 g/mol. The van der Waals surface area contributed by atoms with Crippen LogP contribution in [0.5, 0.6) is 0 Å². The average molecular weight is 283 g/mol. The van der Waals surface area contributed by atoms with E-state index in [2.05, 4.69) is 17.4 Å². The van der Waals surface area contributed by atoms with Gasteiger partial charge in [-0.2, -0.15) is 0 Å². The number of carbonyl (C=O) groups excluding carboxylic acids is 1. The van der Waals surface area contributed by atoms with Gasteiger partial charge in [-0.25, -0.2) is 4.79 Å². The van der Waals surface area contributed by atoms with Crippen molar-refractivity contribution < 1.29 is 4.79 Å². The molecule has 0 spiro atoms. The van der Waals surface area contributed by atoms with Crippen LogP contribution in [0.25, 0.3) is 10.8 Å². The summed E-state index contributed by atoms with van der Waals surface area (Å²) in [6, 6.07) is 14.2. The van der Waals surface area contributed by atoms with E-state index in [1.54, 1.807) is 0 Å². The van der Waals surface area contributed by atoms with Gasteiger partial charge in [-0.1, -0.05) is 36.4 Å². The molecule has 1 atom stereocenters. The third-order valence-corrected chi connectivity index (χ3v) is 4.19. The van der Waals surface area contributed by atoms with Gasteiger partial charge >= 0.3 is 6.03 Å². The number of nitrogens with zero attached hydrogens (tertiary/aromatic N) is 1. The molecule has 1 saturated heterocycles. The van der Waals surface area contributed by atoms with Crippen LogP contribution < -0.4 is 11.1 Å². The number of fused-ring (bicyclic) bond motifs is 1. The lowest BCUT2D eigenvalue weighted by Crippen LogP contribution is -2.49. The van der Waals surface area contributed by atoms with Gasteiger partial charge in [0.15, 0.2) is 0 Å². The van der Waals surface area contributed by atoms with Gasteiger partial charge in [0.1, 0.15) is 0 Å². The molecule has 3 rings (SSSR count). The smallest absolute Gasteiger partial charge is 0.322 e.